The van der Waals surface area contributed by atoms with Gasteiger partial charge in [0.2, 0.25) is 10.0 Å². The number of nitrogens with one attached hydrogen (secondary N) is 2. The second kappa shape index (κ2) is 6.77. The fourth-order valence-electron chi connectivity index (χ4n) is 1.61. The molecule has 0 radical (unpaired) electrons. The van der Waals surface area contributed by atoms with Crippen molar-refractivity contribution < 1.29 is 8.42 Å². The van der Waals surface area contributed by atoms with Crippen LogP contribution in [0.25, 0.3) is 0 Å². The van der Waals surface area contributed by atoms with E-state index in [0.29, 0.717) is 10.8 Å². The van der Waals surface area contributed by atoms with Crippen molar-refractivity contribution in [1.29, 1.82) is 0 Å². The molecular formula is C12H17N3O2S3. The molecule has 0 amide bonds. The number of aryl methyl sites for hydroxylation is 1. The first-order chi connectivity index (χ1) is 9.53. The Morgan fingerprint density at radius 2 is 2.15 bits per heavy atom. The Bertz CT molecular complexity index is 661. The van der Waals surface area contributed by atoms with Crippen LogP contribution in [0.15, 0.2) is 21.9 Å². The zero-order valence-electron chi connectivity index (χ0n) is 11.3. The van der Waals surface area contributed by atoms with Gasteiger partial charge in [-0.25, -0.2) is 18.1 Å². The number of thiophene rings is 1. The van der Waals surface area contributed by atoms with Gasteiger partial charge < -0.3 is 5.32 Å². The molecule has 0 fully saturated rings. The first-order valence-electron chi connectivity index (χ1n) is 6.15. The van der Waals surface area contributed by atoms with Crippen LogP contribution in [0, 0.1) is 6.92 Å². The second-order valence-corrected chi connectivity index (χ2v) is 8.36. The highest BCUT2D eigenvalue weighted by Gasteiger charge is 2.17. The van der Waals surface area contributed by atoms with Crippen LogP contribution < -0.4 is 10.0 Å². The number of thiazole rings is 1. The summed E-state index contributed by atoms with van der Waals surface area (Å²) in [7, 11) is -1.55. The Morgan fingerprint density at radius 3 is 2.80 bits per heavy atom. The van der Waals surface area contributed by atoms with Crippen molar-refractivity contribution in [2.75, 3.05) is 13.6 Å². The average Bonchev–Trinajstić information content (AvgIpc) is 3.03. The fourth-order valence-corrected chi connectivity index (χ4v) is 4.82. The van der Waals surface area contributed by atoms with E-state index in [4.69, 9.17) is 0 Å². The van der Waals surface area contributed by atoms with Gasteiger partial charge in [-0.2, -0.15) is 0 Å². The number of sulfonamides is 1. The summed E-state index contributed by atoms with van der Waals surface area (Å²) in [6.07, 6.45) is 0.838. The summed E-state index contributed by atoms with van der Waals surface area (Å²) in [5, 5.41) is 3.05. The molecule has 0 aliphatic carbocycles. The van der Waals surface area contributed by atoms with Gasteiger partial charge in [-0.05, 0) is 39.1 Å². The lowest BCUT2D eigenvalue weighted by Crippen LogP contribution is -2.22. The normalized spacial score (nSPS) is 11.9. The van der Waals surface area contributed by atoms with Gasteiger partial charge in [0.1, 0.15) is 4.21 Å². The molecule has 0 saturated carbocycles. The first kappa shape index (κ1) is 15.6. The van der Waals surface area contributed by atoms with Crippen molar-refractivity contribution in [2.24, 2.45) is 0 Å². The van der Waals surface area contributed by atoms with E-state index in [0.717, 1.165) is 28.4 Å². The largest absolute Gasteiger partial charge is 0.319 e. The number of rotatable bonds is 7. The predicted octanol–water partition coefficient (Wildman–Crippen LogP) is 1.75. The molecule has 20 heavy (non-hydrogen) atoms. The monoisotopic (exact) mass is 331 g/mol. The maximum Gasteiger partial charge on any atom is 0.250 e. The van der Waals surface area contributed by atoms with Gasteiger partial charge in [0.15, 0.2) is 0 Å². The maximum absolute atomic E-state index is 12.2. The maximum atomic E-state index is 12.2. The number of likely N-dealkylation sites (N-methyl/N-ethyl adjacent to an activating group) is 1. The van der Waals surface area contributed by atoms with E-state index in [1.165, 1.54) is 22.7 Å². The van der Waals surface area contributed by atoms with E-state index in [2.05, 4.69) is 15.0 Å². The van der Waals surface area contributed by atoms with E-state index >= 15 is 0 Å². The first-order valence-corrected chi connectivity index (χ1v) is 9.33. The highest BCUT2D eigenvalue weighted by atomic mass is 32.2. The number of nitrogens with zero attached hydrogens (tertiary/aromatic N) is 1. The van der Waals surface area contributed by atoms with Crippen molar-refractivity contribution in [3.05, 3.63) is 33.1 Å². The van der Waals surface area contributed by atoms with Crippen LogP contribution in [-0.2, 0) is 23.0 Å². The Morgan fingerprint density at radius 1 is 1.35 bits per heavy atom. The van der Waals surface area contributed by atoms with E-state index in [1.807, 2.05) is 20.0 Å². The van der Waals surface area contributed by atoms with Crippen molar-refractivity contribution in [1.82, 2.24) is 15.0 Å². The lowest BCUT2D eigenvalue weighted by Gasteiger charge is -2.03. The van der Waals surface area contributed by atoms with Crippen LogP contribution >= 0.6 is 22.7 Å². The molecule has 2 aromatic heterocycles. The standard InChI is InChI=1S/C12H17N3O2S3/c1-9-11(18-8-14-9)7-15-20(16,17)12-4-3-10(19-12)5-6-13-2/h3-4,8,13,15H,5-7H2,1-2H3. The highest BCUT2D eigenvalue weighted by Crippen LogP contribution is 2.22. The molecule has 0 saturated heterocycles. The molecule has 0 atom stereocenters. The van der Waals surface area contributed by atoms with Crippen molar-refractivity contribution in [3.63, 3.8) is 0 Å². The van der Waals surface area contributed by atoms with Gasteiger partial charge in [0.25, 0.3) is 0 Å². The van der Waals surface area contributed by atoms with E-state index in [1.54, 1.807) is 11.6 Å². The zero-order valence-corrected chi connectivity index (χ0v) is 13.8. The molecular weight excluding hydrogens is 314 g/mol. The minimum atomic E-state index is -3.43. The molecule has 5 nitrogen and oxygen atoms in total. The SMILES string of the molecule is CNCCc1ccc(S(=O)(=O)NCc2scnc2C)s1. The molecule has 2 aromatic rings. The summed E-state index contributed by atoms with van der Waals surface area (Å²) in [4.78, 5) is 6.12. The molecule has 8 heteroatoms. The highest BCUT2D eigenvalue weighted by molar-refractivity contribution is 7.91. The van der Waals surface area contributed by atoms with Gasteiger partial charge in [0.05, 0.1) is 11.2 Å². The van der Waals surface area contributed by atoms with E-state index in [-0.39, 0.29) is 0 Å². The molecule has 110 valence electrons. The van der Waals surface area contributed by atoms with Gasteiger partial charge in [0, 0.05) is 16.3 Å². The number of aromatic nitrogens is 1. The lowest BCUT2D eigenvalue weighted by molar-refractivity contribution is 0.584. The van der Waals surface area contributed by atoms with Crippen LogP contribution in [0.3, 0.4) is 0 Å². The Hall–Kier alpha value is -0.800. The van der Waals surface area contributed by atoms with Crippen LogP contribution in [0.2, 0.25) is 0 Å². The molecule has 0 aliphatic rings. The third-order valence-electron chi connectivity index (χ3n) is 2.79. The van der Waals surface area contributed by atoms with Crippen molar-refractivity contribution in [2.45, 2.75) is 24.1 Å². The average molecular weight is 331 g/mol. The van der Waals surface area contributed by atoms with Crippen LogP contribution in [0.5, 0.6) is 0 Å². The Balaban J connectivity index is 2.03. The summed E-state index contributed by atoms with van der Waals surface area (Å²) in [6.45, 7) is 3.01. The fraction of sp³-hybridized carbons (Fsp3) is 0.417. The second-order valence-electron chi connectivity index (χ2n) is 4.26. The summed E-state index contributed by atoms with van der Waals surface area (Å²) >= 11 is 2.78. The molecule has 0 aromatic carbocycles. The van der Waals surface area contributed by atoms with Crippen molar-refractivity contribution >= 4 is 32.7 Å². The molecule has 2 N–H and O–H groups in total. The molecule has 2 rings (SSSR count). The number of hydrogen-bond acceptors (Lipinski definition) is 6. The Labute approximate surface area is 127 Å². The van der Waals surface area contributed by atoms with E-state index < -0.39 is 10.0 Å². The molecule has 0 aliphatic heterocycles. The quantitative estimate of drug-likeness (QED) is 0.811. The van der Waals surface area contributed by atoms with Gasteiger partial charge >= 0.3 is 0 Å². The molecule has 0 unspecified atom stereocenters. The van der Waals surface area contributed by atoms with Gasteiger partial charge in [-0.15, -0.1) is 22.7 Å². The van der Waals surface area contributed by atoms with Gasteiger partial charge in [-0.3, -0.25) is 0 Å². The van der Waals surface area contributed by atoms with Crippen molar-refractivity contribution in [3.8, 4) is 0 Å². The summed E-state index contributed by atoms with van der Waals surface area (Å²) in [6, 6.07) is 3.53. The van der Waals surface area contributed by atoms with Crippen LogP contribution in [0.4, 0.5) is 0 Å². The van der Waals surface area contributed by atoms with Crippen LogP contribution in [-0.4, -0.2) is 27.0 Å². The predicted molar refractivity (Wildman–Crippen MR) is 82.8 cm³/mol. The molecule has 0 bridgehead atoms. The van der Waals surface area contributed by atoms with Crippen LogP contribution in [0.1, 0.15) is 15.4 Å². The molecule has 0 spiro atoms. The number of hydrogen-bond donors (Lipinski definition) is 2. The minimum absolute atomic E-state index is 0.294. The summed E-state index contributed by atoms with van der Waals surface area (Å²) in [5.41, 5.74) is 2.60. The third kappa shape index (κ3) is 3.86. The topological polar surface area (TPSA) is 71.1 Å². The third-order valence-corrected chi connectivity index (χ3v) is 6.76. The van der Waals surface area contributed by atoms with E-state index in [9.17, 15) is 8.42 Å². The lowest BCUT2D eigenvalue weighted by atomic mass is 10.3. The van der Waals surface area contributed by atoms with Gasteiger partial charge in [-0.1, -0.05) is 0 Å². The minimum Gasteiger partial charge on any atom is -0.319 e. The molecule has 2 heterocycles. The Kier molecular flexibility index (Phi) is 5.28. The smallest absolute Gasteiger partial charge is 0.250 e. The zero-order chi connectivity index (χ0) is 14.6. The summed E-state index contributed by atoms with van der Waals surface area (Å²) < 4.78 is 27.4. The summed E-state index contributed by atoms with van der Waals surface area (Å²) in [5.74, 6) is 0.